The lowest BCUT2D eigenvalue weighted by Gasteiger charge is -2.06. The zero-order chi connectivity index (χ0) is 12.5. The molecule has 0 aromatic carbocycles. The molecular weight excluding hydrogens is 254 g/mol. The highest BCUT2D eigenvalue weighted by Gasteiger charge is 1.98. The van der Waals surface area contributed by atoms with E-state index in [1.165, 1.54) is 31.4 Å². The summed E-state index contributed by atoms with van der Waals surface area (Å²) in [5.74, 6) is 2.81. The topological polar surface area (TPSA) is 37.8 Å². The number of nitrogens with one attached hydrogen (secondary N) is 1. The molecule has 0 bridgehead atoms. The van der Waals surface area contributed by atoms with Gasteiger partial charge in [-0.3, -0.25) is 0 Å². The summed E-state index contributed by atoms with van der Waals surface area (Å²) >= 11 is 7.77. The highest BCUT2D eigenvalue weighted by atomic mass is 35.5. The smallest absolute Gasteiger partial charge is 0.134 e. The molecule has 17 heavy (non-hydrogen) atoms. The Kier molecular flexibility index (Phi) is 7.37. The van der Waals surface area contributed by atoms with E-state index in [9.17, 15) is 0 Å². The van der Waals surface area contributed by atoms with Crippen molar-refractivity contribution < 1.29 is 0 Å². The van der Waals surface area contributed by atoms with Crippen LogP contribution in [-0.2, 0) is 0 Å². The quantitative estimate of drug-likeness (QED) is 0.578. The predicted octanol–water partition coefficient (Wildman–Crippen LogP) is 3.77. The number of rotatable bonds is 8. The molecule has 1 aromatic heterocycles. The summed E-state index contributed by atoms with van der Waals surface area (Å²) in [4.78, 5) is 8.30. The van der Waals surface area contributed by atoms with Gasteiger partial charge in [-0.1, -0.05) is 24.4 Å². The number of unbranched alkanes of at least 4 members (excludes halogenated alkanes) is 3. The molecule has 0 saturated heterocycles. The zero-order valence-electron chi connectivity index (χ0n) is 10.5. The van der Waals surface area contributed by atoms with Crippen LogP contribution < -0.4 is 5.32 Å². The maximum absolute atomic E-state index is 5.85. The number of thioether (sulfide) groups is 1. The molecule has 1 rings (SSSR count). The molecule has 0 saturated carbocycles. The maximum Gasteiger partial charge on any atom is 0.134 e. The molecule has 5 heteroatoms. The number of aromatic nitrogens is 2. The second-order valence-corrected chi connectivity index (χ2v) is 5.33. The first-order valence-electron chi connectivity index (χ1n) is 5.96. The van der Waals surface area contributed by atoms with Crippen molar-refractivity contribution in [3.05, 3.63) is 17.0 Å². The number of hydrogen-bond acceptors (Lipinski definition) is 4. The van der Waals surface area contributed by atoms with E-state index < -0.39 is 0 Å². The average molecular weight is 274 g/mol. The lowest BCUT2D eigenvalue weighted by Crippen LogP contribution is -2.04. The van der Waals surface area contributed by atoms with Crippen LogP contribution in [0.4, 0.5) is 5.82 Å². The third-order valence-electron chi connectivity index (χ3n) is 2.39. The Labute approximate surface area is 113 Å². The van der Waals surface area contributed by atoms with Crippen molar-refractivity contribution in [3.63, 3.8) is 0 Å². The third kappa shape index (κ3) is 6.74. The Morgan fingerprint density at radius 2 is 2.00 bits per heavy atom. The molecule has 0 amide bonds. The Morgan fingerprint density at radius 3 is 2.71 bits per heavy atom. The minimum absolute atomic E-state index is 0.500. The summed E-state index contributed by atoms with van der Waals surface area (Å²) in [6.45, 7) is 2.80. The molecule has 0 aliphatic rings. The van der Waals surface area contributed by atoms with Gasteiger partial charge in [-0.15, -0.1) is 0 Å². The van der Waals surface area contributed by atoms with Crippen LogP contribution in [0.25, 0.3) is 0 Å². The number of nitrogens with zero attached hydrogens (tertiary/aromatic N) is 2. The van der Waals surface area contributed by atoms with E-state index in [-0.39, 0.29) is 0 Å². The van der Waals surface area contributed by atoms with Crippen LogP contribution in [0.1, 0.15) is 31.5 Å². The van der Waals surface area contributed by atoms with Crippen LogP contribution in [0, 0.1) is 6.92 Å². The van der Waals surface area contributed by atoms with E-state index in [1.807, 2.05) is 18.7 Å². The van der Waals surface area contributed by atoms with Crippen molar-refractivity contribution in [2.75, 3.05) is 23.9 Å². The van der Waals surface area contributed by atoms with E-state index in [4.69, 9.17) is 11.6 Å². The van der Waals surface area contributed by atoms with Crippen LogP contribution in [0.3, 0.4) is 0 Å². The normalized spacial score (nSPS) is 10.5. The molecule has 0 aliphatic carbocycles. The van der Waals surface area contributed by atoms with Crippen LogP contribution >= 0.6 is 23.4 Å². The van der Waals surface area contributed by atoms with E-state index >= 15 is 0 Å². The zero-order valence-corrected chi connectivity index (χ0v) is 12.1. The Hall–Kier alpha value is -0.480. The van der Waals surface area contributed by atoms with Crippen molar-refractivity contribution in [2.45, 2.75) is 32.6 Å². The number of aryl methyl sites for hydroxylation is 1. The first-order chi connectivity index (χ1) is 8.22. The fraction of sp³-hybridized carbons (Fsp3) is 0.667. The second kappa shape index (κ2) is 8.59. The lowest BCUT2D eigenvalue weighted by molar-refractivity contribution is 0.688. The van der Waals surface area contributed by atoms with Gasteiger partial charge in [-0.25, -0.2) is 9.97 Å². The molecule has 0 radical (unpaired) electrons. The summed E-state index contributed by atoms with van der Waals surface area (Å²) in [7, 11) is 0. The van der Waals surface area contributed by atoms with Gasteiger partial charge in [-0.05, 0) is 31.8 Å². The number of anilines is 1. The van der Waals surface area contributed by atoms with Crippen LogP contribution in [0.5, 0.6) is 0 Å². The van der Waals surface area contributed by atoms with E-state index in [0.29, 0.717) is 11.0 Å². The number of halogens is 1. The van der Waals surface area contributed by atoms with Crippen molar-refractivity contribution in [1.29, 1.82) is 0 Å². The summed E-state index contributed by atoms with van der Waals surface area (Å²) < 4.78 is 0. The molecule has 1 heterocycles. The van der Waals surface area contributed by atoms with Gasteiger partial charge in [0.25, 0.3) is 0 Å². The fourth-order valence-electron chi connectivity index (χ4n) is 1.56. The van der Waals surface area contributed by atoms with Crippen LogP contribution in [0.15, 0.2) is 6.07 Å². The Bertz CT molecular complexity index is 313. The molecule has 0 fully saturated rings. The van der Waals surface area contributed by atoms with Gasteiger partial charge in [0.2, 0.25) is 0 Å². The van der Waals surface area contributed by atoms with Gasteiger partial charge in [0.05, 0.1) is 0 Å². The molecule has 96 valence electrons. The monoisotopic (exact) mass is 273 g/mol. The summed E-state index contributed by atoms with van der Waals surface area (Å²) in [6.07, 6.45) is 7.23. The third-order valence-corrected chi connectivity index (χ3v) is 3.28. The molecule has 3 nitrogen and oxygen atoms in total. The Balaban J connectivity index is 2.13. The minimum atomic E-state index is 0.500. The Morgan fingerprint density at radius 1 is 1.24 bits per heavy atom. The fourth-order valence-corrected chi connectivity index (χ4v) is 2.28. The van der Waals surface area contributed by atoms with Crippen molar-refractivity contribution >= 4 is 29.2 Å². The first kappa shape index (κ1) is 14.6. The largest absolute Gasteiger partial charge is 0.370 e. The molecule has 1 N–H and O–H groups in total. The van der Waals surface area contributed by atoms with Gasteiger partial charge < -0.3 is 5.32 Å². The van der Waals surface area contributed by atoms with Gasteiger partial charge in [0.1, 0.15) is 16.8 Å². The predicted molar refractivity (Wildman–Crippen MR) is 77.1 cm³/mol. The van der Waals surface area contributed by atoms with Crippen molar-refractivity contribution in [2.24, 2.45) is 0 Å². The summed E-state index contributed by atoms with van der Waals surface area (Å²) in [5.41, 5.74) is 0. The van der Waals surface area contributed by atoms with E-state index in [1.54, 1.807) is 6.07 Å². The standard InChI is InChI=1S/C12H20ClN3S/c1-10-15-11(13)9-12(16-10)14-7-5-3-4-6-8-17-2/h9H,3-8H2,1-2H3,(H,14,15,16). The maximum atomic E-state index is 5.85. The highest BCUT2D eigenvalue weighted by Crippen LogP contribution is 2.11. The van der Waals surface area contributed by atoms with Crippen molar-refractivity contribution in [1.82, 2.24) is 9.97 Å². The van der Waals surface area contributed by atoms with Crippen molar-refractivity contribution in [3.8, 4) is 0 Å². The summed E-state index contributed by atoms with van der Waals surface area (Å²) in [5, 5.41) is 3.78. The van der Waals surface area contributed by atoms with Crippen LogP contribution in [-0.4, -0.2) is 28.5 Å². The molecule has 1 aromatic rings. The van der Waals surface area contributed by atoms with E-state index in [2.05, 4.69) is 21.5 Å². The molecule has 0 spiro atoms. The van der Waals surface area contributed by atoms with Gasteiger partial charge in [-0.2, -0.15) is 11.8 Å². The van der Waals surface area contributed by atoms with Gasteiger partial charge in [0.15, 0.2) is 0 Å². The van der Waals surface area contributed by atoms with Gasteiger partial charge >= 0.3 is 0 Å². The average Bonchev–Trinajstić information content (AvgIpc) is 2.26. The second-order valence-electron chi connectivity index (χ2n) is 3.96. The summed E-state index contributed by atoms with van der Waals surface area (Å²) in [6, 6.07) is 1.77. The number of hydrogen-bond donors (Lipinski definition) is 1. The molecule has 0 unspecified atom stereocenters. The van der Waals surface area contributed by atoms with E-state index in [0.717, 1.165) is 12.4 Å². The molecule has 0 aliphatic heterocycles. The van der Waals surface area contributed by atoms with Crippen LogP contribution in [0.2, 0.25) is 5.15 Å². The lowest BCUT2D eigenvalue weighted by atomic mass is 10.2. The SMILES string of the molecule is CSCCCCCCNc1cc(Cl)nc(C)n1. The highest BCUT2D eigenvalue weighted by molar-refractivity contribution is 7.98. The molecule has 0 atom stereocenters. The first-order valence-corrected chi connectivity index (χ1v) is 7.73. The van der Waals surface area contributed by atoms with Gasteiger partial charge in [0, 0.05) is 12.6 Å². The minimum Gasteiger partial charge on any atom is -0.370 e. The molecular formula is C12H20ClN3S.